The number of halogens is 4. The average molecular weight is 214 g/mol. The lowest BCUT2D eigenvalue weighted by atomic mass is 10.3. The number of nitrogens with two attached hydrogens (primary N) is 1. The zero-order valence-electron chi connectivity index (χ0n) is 5.17. The van der Waals surface area contributed by atoms with E-state index >= 15 is 0 Å². The summed E-state index contributed by atoms with van der Waals surface area (Å²) >= 11 is 16.4. The molecule has 0 saturated heterocycles. The van der Waals surface area contributed by atoms with Crippen molar-refractivity contribution in [2.24, 2.45) is 0 Å². The van der Waals surface area contributed by atoms with Gasteiger partial charge in [0.25, 0.3) is 0 Å². The van der Waals surface area contributed by atoms with Gasteiger partial charge in [0.15, 0.2) is 5.82 Å². The van der Waals surface area contributed by atoms with Crippen LogP contribution in [-0.4, -0.2) is 0 Å². The van der Waals surface area contributed by atoms with Gasteiger partial charge < -0.3 is 5.73 Å². The molecule has 60 valence electrons. The lowest BCUT2D eigenvalue weighted by Crippen LogP contribution is -1.92. The Balaban J connectivity index is 3.46. The van der Waals surface area contributed by atoms with E-state index in [-0.39, 0.29) is 20.8 Å². The first-order chi connectivity index (χ1) is 5.04. The largest absolute Gasteiger partial charge is 0.395 e. The van der Waals surface area contributed by atoms with Crippen LogP contribution >= 0.6 is 34.8 Å². The molecule has 0 aliphatic carbocycles. The lowest BCUT2D eigenvalue weighted by molar-refractivity contribution is 0.633. The Labute approximate surface area is 77.8 Å². The Morgan fingerprint density at radius 1 is 1.18 bits per heavy atom. The minimum absolute atomic E-state index is 0.0587. The van der Waals surface area contributed by atoms with E-state index in [0.29, 0.717) is 0 Å². The molecule has 5 heteroatoms. The zero-order valence-corrected chi connectivity index (χ0v) is 7.43. The molecule has 0 unspecified atom stereocenters. The van der Waals surface area contributed by atoms with Crippen LogP contribution in [0.4, 0.5) is 10.1 Å². The third-order valence-corrected chi connectivity index (χ3v) is 2.23. The second kappa shape index (κ2) is 3.05. The van der Waals surface area contributed by atoms with E-state index < -0.39 is 5.82 Å². The van der Waals surface area contributed by atoms with Gasteiger partial charge in [-0.25, -0.2) is 4.39 Å². The summed E-state index contributed by atoms with van der Waals surface area (Å²) in [4.78, 5) is 0. The minimum atomic E-state index is -0.774. The second-order valence-electron chi connectivity index (χ2n) is 1.88. The number of nitrogen functional groups attached to an aromatic ring is 1. The highest BCUT2D eigenvalue weighted by Crippen LogP contribution is 2.33. The molecule has 0 aromatic heterocycles. The third kappa shape index (κ3) is 1.53. The summed E-state index contributed by atoms with van der Waals surface area (Å²) in [7, 11) is 0. The molecule has 0 spiro atoms. The monoisotopic (exact) mass is 213 g/mol. The first kappa shape index (κ1) is 8.91. The van der Waals surface area contributed by atoms with Crippen LogP contribution in [0.1, 0.15) is 0 Å². The third-order valence-electron chi connectivity index (χ3n) is 1.15. The maximum atomic E-state index is 12.8. The molecule has 1 rings (SSSR count). The van der Waals surface area contributed by atoms with E-state index in [1.165, 1.54) is 6.07 Å². The summed E-state index contributed by atoms with van der Waals surface area (Å²) in [5.74, 6) is -0.774. The van der Waals surface area contributed by atoms with Gasteiger partial charge in [0.05, 0.1) is 20.8 Å². The SMILES string of the molecule is Nc1c(Cl)cc(Cl)c(Cl)c1F. The Bertz CT molecular complexity index is 274. The van der Waals surface area contributed by atoms with Crippen molar-refractivity contribution in [2.45, 2.75) is 0 Å². The summed E-state index contributed by atoms with van der Waals surface area (Å²) < 4.78 is 12.8. The van der Waals surface area contributed by atoms with Crippen molar-refractivity contribution < 1.29 is 4.39 Å². The first-order valence-corrected chi connectivity index (χ1v) is 3.76. The van der Waals surface area contributed by atoms with E-state index in [1.54, 1.807) is 0 Å². The molecule has 1 aromatic carbocycles. The van der Waals surface area contributed by atoms with Crippen molar-refractivity contribution in [3.05, 3.63) is 27.0 Å². The van der Waals surface area contributed by atoms with E-state index in [2.05, 4.69) is 0 Å². The fourth-order valence-corrected chi connectivity index (χ4v) is 1.18. The van der Waals surface area contributed by atoms with Gasteiger partial charge >= 0.3 is 0 Å². The molecule has 0 bridgehead atoms. The predicted octanol–water partition coefficient (Wildman–Crippen LogP) is 3.37. The standard InChI is InChI=1S/C6H3Cl3FN/c7-2-1-3(8)6(11)5(10)4(2)9/h1H,11H2. The maximum absolute atomic E-state index is 12.8. The van der Waals surface area contributed by atoms with Crippen molar-refractivity contribution in [2.75, 3.05) is 5.73 Å². The fourth-order valence-electron chi connectivity index (χ4n) is 0.580. The highest BCUT2D eigenvalue weighted by molar-refractivity contribution is 6.44. The Morgan fingerprint density at radius 3 is 2.27 bits per heavy atom. The molecule has 0 atom stereocenters. The Kier molecular flexibility index (Phi) is 2.47. The van der Waals surface area contributed by atoms with Gasteiger partial charge in [0, 0.05) is 0 Å². The smallest absolute Gasteiger partial charge is 0.167 e. The van der Waals surface area contributed by atoms with Crippen LogP contribution in [0, 0.1) is 5.82 Å². The molecular formula is C6H3Cl3FN. The Hall–Kier alpha value is -0.180. The second-order valence-corrected chi connectivity index (χ2v) is 3.07. The summed E-state index contributed by atoms with van der Waals surface area (Å²) in [6.07, 6.45) is 0. The lowest BCUT2D eigenvalue weighted by Gasteiger charge is -2.02. The van der Waals surface area contributed by atoms with Crippen LogP contribution in [0.15, 0.2) is 6.07 Å². The van der Waals surface area contributed by atoms with Crippen LogP contribution < -0.4 is 5.73 Å². The first-order valence-electron chi connectivity index (χ1n) is 2.62. The average Bonchev–Trinajstić information content (AvgIpc) is 1.97. The number of rotatable bonds is 0. The van der Waals surface area contributed by atoms with Crippen molar-refractivity contribution in [3.63, 3.8) is 0 Å². The molecule has 0 radical (unpaired) electrons. The number of anilines is 1. The van der Waals surface area contributed by atoms with Crippen molar-refractivity contribution in [3.8, 4) is 0 Å². The zero-order chi connectivity index (χ0) is 8.59. The number of benzene rings is 1. The molecule has 0 aliphatic rings. The van der Waals surface area contributed by atoms with Crippen LogP contribution in [0.2, 0.25) is 15.1 Å². The van der Waals surface area contributed by atoms with E-state index in [0.717, 1.165) is 0 Å². The van der Waals surface area contributed by atoms with Gasteiger partial charge in [-0.15, -0.1) is 0 Å². The summed E-state index contributed by atoms with van der Waals surface area (Å²) in [5.41, 5.74) is 5.02. The molecule has 0 saturated carbocycles. The highest BCUT2D eigenvalue weighted by atomic mass is 35.5. The van der Waals surface area contributed by atoms with E-state index in [4.69, 9.17) is 40.5 Å². The molecule has 1 nitrogen and oxygen atoms in total. The quantitative estimate of drug-likeness (QED) is 0.400. The molecule has 0 fully saturated rings. The highest BCUT2D eigenvalue weighted by Gasteiger charge is 2.11. The van der Waals surface area contributed by atoms with Crippen molar-refractivity contribution in [1.29, 1.82) is 0 Å². The van der Waals surface area contributed by atoms with Gasteiger partial charge in [-0.3, -0.25) is 0 Å². The molecule has 11 heavy (non-hydrogen) atoms. The fraction of sp³-hybridized carbons (Fsp3) is 0. The normalized spacial score (nSPS) is 10.2. The summed E-state index contributed by atoms with van der Waals surface area (Å²) in [5, 5.41) is -0.0752. The molecule has 0 amide bonds. The summed E-state index contributed by atoms with van der Waals surface area (Å²) in [6.45, 7) is 0. The van der Waals surface area contributed by atoms with Crippen LogP contribution in [0.5, 0.6) is 0 Å². The van der Waals surface area contributed by atoms with Gasteiger partial charge in [0.1, 0.15) is 0 Å². The molecule has 0 aliphatic heterocycles. The minimum Gasteiger partial charge on any atom is -0.395 e. The van der Waals surface area contributed by atoms with Gasteiger partial charge in [-0.1, -0.05) is 34.8 Å². The maximum Gasteiger partial charge on any atom is 0.167 e. The molecule has 2 N–H and O–H groups in total. The van der Waals surface area contributed by atoms with E-state index in [9.17, 15) is 4.39 Å². The molecular weight excluding hydrogens is 211 g/mol. The molecule has 1 aromatic rings. The summed E-state index contributed by atoms with van der Waals surface area (Å²) in [6, 6.07) is 1.30. The predicted molar refractivity (Wildman–Crippen MR) is 45.8 cm³/mol. The van der Waals surface area contributed by atoms with Crippen molar-refractivity contribution in [1.82, 2.24) is 0 Å². The van der Waals surface area contributed by atoms with Gasteiger partial charge in [-0.05, 0) is 6.07 Å². The number of hydrogen-bond donors (Lipinski definition) is 1. The van der Waals surface area contributed by atoms with E-state index in [1.807, 2.05) is 0 Å². The number of hydrogen-bond acceptors (Lipinski definition) is 1. The topological polar surface area (TPSA) is 26.0 Å². The van der Waals surface area contributed by atoms with Crippen molar-refractivity contribution >= 4 is 40.5 Å². The van der Waals surface area contributed by atoms with Gasteiger partial charge in [-0.2, -0.15) is 0 Å². The Morgan fingerprint density at radius 2 is 1.73 bits per heavy atom. The van der Waals surface area contributed by atoms with Gasteiger partial charge in [0.2, 0.25) is 0 Å². The van der Waals surface area contributed by atoms with Crippen LogP contribution in [0.25, 0.3) is 0 Å². The van der Waals surface area contributed by atoms with Crippen LogP contribution in [0.3, 0.4) is 0 Å². The molecule has 0 heterocycles. The van der Waals surface area contributed by atoms with Crippen LogP contribution in [-0.2, 0) is 0 Å².